The number of rotatable bonds is 12. The minimum Gasteiger partial charge on any atom is -0.378 e. The van der Waals surface area contributed by atoms with E-state index in [-0.39, 0.29) is 17.0 Å². The second-order valence-electron chi connectivity index (χ2n) is 7.96. The second kappa shape index (κ2) is 12.1. The monoisotopic (exact) mass is 461 g/mol. The summed E-state index contributed by atoms with van der Waals surface area (Å²) in [6, 6.07) is 4.06. The lowest BCUT2D eigenvalue weighted by atomic mass is 9.93. The van der Waals surface area contributed by atoms with Gasteiger partial charge in [-0.2, -0.15) is 4.31 Å². The van der Waals surface area contributed by atoms with Crippen LogP contribution in [0, 0.1) is 5.82 Å². The Kier molecular flexibility index (Phi) is 10.1. The van der Waals surface area contributed by atoms with Crippen molar-refractivity contribution in [1.82, 2.24) is 9.53 Å². The van der Waals surface area contributed by atoms with Crippen molar-refractivity contribution in [2.75, 3.05) is 53.4 Å². The number of ether oxygens (including phenoxy) is 1. The summed E-state index contributed by atoms with van der Waals surface area (Å²) in [6.45, 7) is 1.31. The van der Waals surface area contributed by atoms with E-state index in [2.05, 4.69) is 0 Å². The van der Waals surface area contributed by atoms with E-state index >= 15 is 0 Å². The van der Waals surface area contributed by atoms with Crippen molar-refractivity contribution in [3.63, 3.8) is 0 Å². The van der Waals surface area contributed by atoms with Crippen LogP contribution in [0.2, 0.25) is 0 Å². The Morgan fingerprint density at radius 2 is 1.68 bits per heavy atom. The molecule has 1 fully saturated rings. The van der Waals surface area contributed by atoms with Crippen LogP contribution in [0.25, 0.3) is 0 Å². The second-order valence-corrected chi connectivity index (χ2v) is 9.93. The third kappa shape index (κ3) is 7.10. The van der Waals surface area contributed by atoms with Gasteiger partial charge < -0.3 is 9.64 Å². The number of nitrogens with zero attached hydrogens (tertiary/aromatic N) is 3. The maximum atomic E-state index is 14.5. The summed E-state index contributed by atoms with van der Waals surface area (Å²) in [5.41, 5.74) is 0.619. The smallest absolute Gasteiger partial charge is 0.245 e. The average molecular weight is 462 g/mol. The molecule has 10 heteroatoms. The van der Waals surface area contributed by atoms with E-state index in [4.69, 9.17) is 14.4 Å². The molecule has 178 valence electrons. The number of sulfonamides is 1. The third-order valence-corrected chi connectivity index (χ3v) is 7.69. The van der Waals surface area contributed by atoms with Crippen molar-refractivity contribution in [3.05, 3.63) is 24.0 Å². The Labute approximate surface area is 185 Å². The highest BCUT2D eigenvalue weighted by atomic mass is 32.2. The van der Waals surface area contributed by atoms with Gasteiger partial charge in [0.15, 0.2) is 0 Å². The molecule has 0 unspecified atom stereocenters. The fourth-order valence-electron chi connectivity index (χ4n) is 3.75. The van der Waals surface area contributed by atoms with Crippen molar-refractivity contribution in [3.8, 4) is 0 Å². The topological polar surface area (TPSA) is 71.6 Å². The Hall–Kier alpha value is -1.30. The molecule has 1 aliphatic rings. The van der Waals surface area contributed by atoms with Gasteiger partial charge in [0, 0.05) is 39.5 Å². The van der Waals surface area contributed by atoms with Crippen molar-refractivity contribution in [2.24, 2.45) is 0 Å². The van der Waals surface area contributed by atoms with Crippen LogP contribution < -0.4 is 4.90 Å². The Balaban J connectivity index is 1.82. The van der Waals surface area contributed by atoms with E-state index in [0.29, 0.717) is 31.7 Å². The Morgan fingerprint density at radius 1 is 1.03 bits per heavy atom. The summed E-state index contributed by atoms with van der Waals surface area (Å²) in [7, 11) is 4.32. The molecule has 1 aliphatic carbocycles. The zero-order chi connectivity index (χ0) is 23.0. The van der Waals surface area contributed by atoms with E-state index in [1.54, 1.807) is 39.3 Å². The molecule has 1 aromatic carbocycles. The lowest BCUT2D eigenvalue weighted by Gasteiger charge is -2.34. The molecule has 0 aromatic heterocycles. The molecule has 8 nitrogen and oxygen atoms in total. The summed E-state index contributed by atoms with van der Waals surface area (Å²) in [5.74, 6) is -0.726. The van der Waals surface area contributed by atoms with Crippen LogP contribution in [0.1, 0.15) is 38.5 Å². The number of unbranched alkanes of at least 4 members (excludes halogenated alkanes) is 1. The Bertz CT molecular complexity index is 781. The van der Waals surface area contributed by atoms with Gasteiger partial charge in [0.1, 0.15) is 10.7 Å². The SMILES string of the molecule is CON(CCCCOC1CCC(N(C)S(=O)(=O)c2ccc(N(C)C)cc2F)CC1)OC. The van der Waals surface area contributed by atoms with E-state index in [1.807, 2.05) is 0 Å². The van der Waals surface area contributed by atoms with Crippen LogP contribution in [0.3, 0.4) is 0 Å². The number of benzene rings is 1. The molecule has 0 bridgehead atoms. The third-order valence-electron chi connectivity index (χ3n) is 5.74. The van der Waals surface area contributed by atoms with Gasteiger partial charge in [-0.3, -0.25) is 9.68 Å². The van der Waals surface area contributed by atoms with Crippen LogP contribution >= 0.6 is 0 Å². The van der Waals surface area contributed by atoms with E-state index in [1.165, 1.54) is 28.7 Å². The van der Waals surface area contributed by atoms with Crippen LogP contribution in [0.5, 0.6) is 0 Å². The quantitative estimate of drug-likeness (QED) is 0.350. The minimum absolute atomic E-state index is 0.129. The normalized spacial score (nSPS) is 19.9. The average Bonchev–Trinajstić information content (AvgIpc) is 2.75. The van der Waals surface area contributed by atoms with Crippen LogP contribution in [0.4, 0.5) is 10.1 Å². The van der Waals surface area contributed by atoms with Gasteiger partial charge in [0.25, 0.3) is 0 Å². The van der Waals surface area contributed by atoms with Gasteiger partial charge in [0.2, 0.25) is 10.0 Å². The number of hydrogen-bond acceptors (Lipinski definition) is 7. The maximum absolute atomic E-state index is 14.5. The van der Waals surface area contributed by atoms with E-state index in [0.717, 1.165) is 25.7 Å². The van der Waals surface area contributed by atoms with Crippen LogP contribution in [0.15, 0.2) is 23.1 Å². The highest BCUT2D eigenvalue weighted by Crippen LogP contribution is 2.30. The first-order valence-electron chi connectivity index (χ1n) is 10.6. The lowest BCUT2D eigenvalue weighted by molar-refractivity contribution is -0.342. The highest BCUT2D eigenvalue weighted by molar-refractivity contribution is 7.89. The number of halogens is 1. The first kappa shape index (κ1) is 26.0. The molecule has 0 radical (unpaired) electrons. The van der Waals surface area contributed by atoms with Crippen LogP contribution in [-0.2, 0) is 24.4 Å². The largest absolute Gasteiger partial charge is 0.378 e. The van der Waals surface area contributed by atoms with Crippen LogP contribution in [-0.4, -0.2) is 78.6 Å². The molecule has 2 rings (SSSR count). The molecule has 1 saturated carbocycles. The fourth-order valence-corrected chi connectivity index (χ4v) is 5.21. The zero-order valence-electron chi connectivity index (χ0n) is 19.2. The molecule has 1 aromatic rings. The van der Waals surface area contributed by atoms with Gasteiger partial charge in [-0.1, -0.05) is 5.23 Å². The molecular weight excluding hydrogens is 425 g/mol. The summed E-state index contributed by atoms with van der Waals surface area (Å²) < 4.78 is 47.8. The molecular formula is C21H36FN3O5S. The summed E-state index contributed by atoms with van der Waals surface area (Å²) in [5, 5.41) is 1.42. The lowest BCUT2D eigenvalue weighted by Crippen LogP contribution is -2.41. The number of anilines is 1. The fraction of sp³-hybridized carbons (Fsp3) is 0.714. The predicted molar refractivity (Wildman–Crippen MR) is 118 cm³/mol. The van der Waals surface area contributed by atoms with E-state index < -0.39 is 15.8 Å². The summed E-state index contributed by atoms with van der Waals surface area (Å²) >= 11 is 0. The molecule has 31 heavy (non-hydrogen) atoms. The predicted octanol–water partition coefficient (Wildman–Crippen LogP) is 3.05. The van der Waals surface area contributed by atoms with Crippen molar-refractivity contribution < 1.29 is 27.2 Å². The standard InChI is InChI=1S/C21H36FN3O5S/c1-23(2)18-10-13-21(20(22)16-18)31(26,27)24(3)17-8-11-19(12-9-17)30-15-7-6-14-25(28-4)29-5/h10,13,16-17,19H,6-9,11-12,14-15H2,1-5H3. The van der Waals surface area contributed by atoms with Gasteiger partial charge in [-0.05, 0) is 56.7 Å². The first-order chi connectivity index (χ1) is 14.7. The zero-order valence-corrected chi connectivity index (χ0v) is 20.0. The van der Waals surface area contributed by atoms with Crippen molar-refractivity contribution in [2.45, 2.75) is 55.6 Å². The molecule has 0 atom stereocenters. The first-order valence-corrected chi connectivity index (χ1v) is 12.1. The minimum atomic E-state index is -3.90. The van der Waals surface area contributed by atoms with Gasteiger partial charge in [0.05, 0.1) is 26.9 Å². The molecule has 0 spiro atoms. The molecule has 0 heterocycles. The van der Waals surface area contributed by atoms with Gasteiger partial charge in [-0.15, -0.1) is 0 Å². The molecule has 0 N–H and O–H groups in total. The Morgan fingerprint density at radius 3 is 2.23 bits per heavy atom. The number of hydroxylamine groups is 2. The van der Waals surface area contributed by atoms with Crippen molar-refractivity contribution in [1.29, 1.82) is 0 Å². The molecule has 0 saturated heterocycles. The molecule has 0 amide bonds. The number of hydrogen-bond donors (Lipinski definition) is 0. The summed E-state index contributed by atoms with van der Waals surface area (Å²) in [6.07, 6.45) is 4.86. The van der Waals surface area contributed by atoms with Crippen molar-refractivity contribution >= 4 is 15.7 Å². The maximum Gasteiger partial charge on any atom is 0.245 e. The van der Waals surface area contributed by atoms with Gasteiger partial charge in [-0.25, -0.2) is 12.8 Å². The molecule has 0 aliphatic heterocycles. The van der Waals surface area contributed by atoms with Gasteiger partial charge >= 0.3 is 0 Å². The van der Waals surface area contributed by atoms with E-state index in [9.17, 15) is 12.8 Å². The highest BCUT2D eigenvalue weighted by Gasteiger charge is 2.33. The summed E-state index contributed by atoms with van der Waals surface area (Å²) in [4.78, 5) is 11.5.